The second-order valence-corrected chi connectivity index (χ2v) is 7.46. The second kappa shape index (κ2) is 9.13. The van der Waals surface area contributed by atoms with Crippen LogP contribution in [0.25, 0.3) is 0 Å². The van der Waals surface area contributed by atoms with Crippen molar-refractivity contribution in [1.29, 1.82) is 0 Å². The molecule has 152 valence electrons. The number of hydrogen-bond acceptors (Lipinski definition) is 5. The Morgan fingerprint density at radius 3 is 2.30 bits per heavy atom. The number of alkyl halides is 3. The van der Waals surface area contributed by atoms with E-state index in [1.54, 1.807) is 0 Å². The highest BCUT2D eigenvalue weighted by Gasteiger charge is 2.32. The lowest BCUT2D eigenvalue weighted by Gasteiger charge is -2.21. The van der Waals surface area contributed by atoms with Gasteiger partial charge in [-0.15, -0.1) is 0 Å². The molecule has 0 aliphatic rings. The molecule has 1 unspecified atom stereocenters. The molecule has 1 rings (SSSR count). The molecule has 0 spiro atoms. The normalized spacial score (nSPS) is 13.3. The first-order chi connectivity index (χ1) is 12.3. The van der Waals surface area contributed by atoms with Gasteiger partial charge in [0, 0.05) is 0 Å². The van der Waals surface area contributed by atoms with E-state index in [-0.39, 0.29) is 0 Å². The van der Waals surface area contributed by atoms with Gasteiger partial charge in [-0.3, -0.25) is 9.59 Å². The largest absolute Gasteiger partial charge is 0.454 e. The topological polar surface area (TPSA) is 102 Å². The van der Waals surface area contributed by atoms with Gasteiger partial charge < -0.3 is 10.1 Å². The van der Waals surface area contributed by atoms with Crippen molar-refractivity contribution in [3.8, 4) is 0 Å². The predicted octanol–water partition coefficient (Wildman–Crippen LogP) is 1.35. The zero-order chi connectivity index (χ0) is 20.8. The average Bonchev–Trinajstić information content (AvgIpc) is 2.55. The number of rotatable bonds is 8. The zero-order valence-corrected chi connectivity index (χ0v) is 15.2. The van der Waals surface area contributed by atoms with Crippen LogP contribution in [0.3, 0.4) is 0 Å². The summed E-state index contributed by atoms with van der Waals surface area (Å²) < 4.78 is 80.8. The summed E-state index contributed by atoms with van der Waals surface area (Å²) in [5, 5.41) is 1.50. The Balaban J connectivity index is 2.77. The molecule has 27 heavy (non-hydrogen) atoms. The van der Waals surface area contributed by atoms with Crippen molar-refractivity contribution in [3.63, 3.8) is 0 Å². The molecule has 12 heteroatoms. The number of benzene rings is 1. The molecule has 0 fully saturated rings. The standard InChI is InChI=1S/C15H18F4N2O5S/c1-9(2)13(14(23)26-7-12(22)20-8-15(17,18)19)21-27(24,25)11-6-4-3-5-10(11)16/h3-6,9,13,21H,7-8H2,1-2H3,(H,20,22). The number of ether oxygens (including phenoxy) is 1. The molecular formula is C15H18F4N2O5S. The molecule has 0 heterocycles. The van der Waals surface area contributed by atoms with Crippen molar-refractivity contribution in [2.75, 3.05) is 13.2 Å². The van der Waals surface area contributed by atoms with Crippen LogP contribution in [0.4, 0.5) is 17.6 Å². The number of carbonyl (C=O) groups excluding carboxylic acids is 2. The van der Waals surface area contributed by atoms with Crippen LogP contribution in [-0.4, -0.2) is 45.7 Å². The van der Waals surface area contributed by atoms with Crippen LogP contribution >= 0.6 is 0 Å². The molecule has 1 aromatic carbocycles. The number of carbonyl (C=O) groups is 2. The van der Waals surface area contributed by atoms with Crippen LogP contribution in [0, 0.1) is 11.7 Å². The molecule has 1 amide bonds. The highest BCUT2D eigenvalue weighted by Crippen LogP contribution is 2.16. The lowest BCUT2D eigenvalue weighted by molar-refractivity contribution is -0.153. The Bertz CT molecular complexity index is 781. The van der Waals surface area contributed by atoms with E-state index >= 15 is 0 Å². The lowest BCUT2D eigenvalue weighted by Crippen LogP contribution is -2.46. The van der Waals surface area contributed by atoms with Gasteiger partial charge in [-0.25, -0.2) is 12.8 Å². The highest BCUT2D eigenvalue weighted by molar-refractivity contribution is 7.89. The maximum absolute atomic E-state index is 13.7. The summed E-state index contributed by atoms with van der Waals surface area (Å²) in [6.07, 6.45) is -4.63. The summed E-state index contributed by atoms with van der Waals surface area (Å²) in [7, 11) is -4.42. The second-order valence-electron chi connectivity index (χ2n) is 5.77. The maximum atomic E-state index is 13.7. The van der Waals surface area contributed by atoms with Crippen molar-refractivity contribution in [1.82, 2.24) is 10.0 Å². The first-order valence-corrected chi connectivity index (χ1v) is 9.09. The molecule has 0 aliphatic heterocycles. The number of halogens is 4. The minimum Gasteiger partial charge on any atom is -0.454 e. The van der Waals surface area contributed by atoms with E-state index < -0.39 is 63.9 Å². The van der Waals surface area contributed by atoms with E-state index in [1.165, 1.54) is 31.3 Å². The van der Waals surface area contributed by atoms with Gasteiger partial charge in [0.15, 0.2) is 6.61 Å². The van der Waals surface area contributed by atoms with Crippen LogP contribution in [-0.2, 0) is 24.3 Å². The third-order valence-electron chi connectivity index (χ3n) is 3.16. The van der Waals surface area contributed by atoms with E-state index in [0.29, 0.717) is 0 Å². The summed E-state index contributed by atoms with van der Waals surface area (Å²) in [5.41, 5.74) is 0. The van der Waals surface area contributed by atoms with E-state index in [1.807, 2.05) is 4.72 Å². The number of nitrogens with one attached hydrogen (secondary N) is 2. The fourth-order valence-corrected chi connectivity index (χ4v) is 3.24. The minimum atomic E-state index is -4.63. The Hall–Kier alpha value is -2.21. The predicted molar refractivity (Wildman–Crippen MR) is 85.4 cm³/mol. The van der Waals surface area contributed by atoms with Crippen LogP contribution in [0.1, 0.15) is 13.8 Å². The molecule has 7 nitrogen and oxygen atoms in total. The van der Waals surface area contributed by atoms with E-state index in [4.69, 9.17) is 0 Å². The first kappa shape index (κ1) is 22.8. The Kier molecular flexibility index (Phi) is 7.72. The van der Waals surface area contributed by atoms with Gasteiger partial charge in [0.1, 0.15) is 23.3 Å². The lowest BCUT2D eigenvalue weighted by atomic mass is 10.1. The quantitative estimate of drug-likeness (QED) is 0.494. The Morgan fingerprint density at radius 1 is 1.19 bits per heavy atom. The molecular weight excluding hydrogens is 396 g/mol. The summed E-state index contributed by atoms with van der Waals surface area (Å²) in [4.78, 5) is 22.6. The summed E-state index contributed by atoms with van der Waals surface area (Å²) in [6.45, 7) is 0.287. The third-order valence-corrected chi connectivity index (χ3v) is 4.63. The SMILES string of the molecule is CC(C)C(NS(=O)(=O)c1ccccc1F)C(=O)OCC(=O)NCC(F)(F)F. The Labute approximate surface area is 153 Å². The highest BCUT2D eigenvalue weighted by atomic mass is 32.2. The maximum Gasteiger partial charge on any atom is 0.405 e. The van der Waals surface area contributed by atoms with Crippen molar-refractivity contribution in [3.05, 3.63) is 30.1 Å². The molecule has 0 saturated carbocycles. The minimum absolute atomic E-state index is 0.655. The molecule has 2 N–H and O–H groups in total. The molecule has 0 aromatic heterocycles. The van der Waals surface area contributed by atoms with Gasteiger partial charge in [0.2, 0.25) is 10.0 Å². The third kappa shape index (κ3) is 7.51. The van der Waals surface area contributed by atoms with Gasteiger partial charge in [0.25, 0.3) is 5.91 Å². The summed E-state index contributed by atoms with van der Waals surface area (Å²) in [6, 6.07) is 2.99. The van der Waals surface area contributed by atoms with Gasteiger partial charge in [-0.2, -0.15) is 17.9 Å². The Morgan fingerprint density at radius 2 is 1.78 bits per heavy atom. The van der Waals surface area contributed by atoms with Gasteiger partial charge >= 0.3 is 12.1 Å². The smallest absolute Gasteiger partial charge is 0.405 e. The van der Waals surface area contributed by atoms with E-state index in [9.17, 15) is 35.6 Å². The summed E-state index contributed by atoms with van der Waals surface area (Å²) >= 11 is 0. The van der Waals surface area contributed by atoms with Gasteiger partial charge in [0.05, 0.1) is 0 Å². The van der Waals surface area contributed by atoms with Crippen molar-refractivity contribution >= 4 is 21.9 Å². The van der Waals surface area contributed by atoms with Crippen LogP contribution in [0.5, 0.6) is 0 Å². The number of amides is 1. The fraction of sp³-hybridized carbons (Fsp3) is 0.467. The number of hydrogen-bond donors (Lipinski definition) is 2. The summed E-state index contributed by atoms with van der Waals surface area (Å²) in [5.74, 6) is -4.09. The van der Waals surface area contributed by atoms with Crippen LogP contribution in [0.15, 0.2) is 29.2 Å². The van der Waals surface area contributed by atoms with Crippen molar-refractivity contribution < 1.29 is 40.3 Å². The van der Waals surface area contributed by atoms with Crippen molar-refractivity contribution in [2.45, 2.75) is 31.0 Å². The molecule has 0 bridgehead atoms. The van der Waals surface area contributed by atoms with Crippen LogP contribution in [0.2, 0.25) is 0 Å². The molecule has 0 saturated heterocycles. The van der Waals surface area contributed by atoms with Gasteiger partial charge in [-0.1, -0.05) is 26.0 Å². The van der Waals surface area contributed by atoms with Crippen molar-refractivity contribution in [2.24, 2.45) is 5.92 Å². The van der Waals surface area contributed by atoms with E-state index in [0.717, 1.165) is 12.1 Å². The first-order valence-electron chi connectivity index (χ1n) is 7.60. The monoisotopic (exact) mass is 414 g/mol. The number of sulfonamides is 1. The molecule has 0 aliphatic carbocycles. The zero-order valence-electron chi connectivity index (χ0n) is 14.3. The van der Waals surface area contributed by atoms with Crippen LogP contribution < -0.4 is 10.0 Å². The fourth-order valence-electron chi connectivity index (χ4n) is 1.83. The molecule has 1 atom stereocenters. The van der Waals surface area contributed by atoms with E-state index in [2.05, 4.69) is 4.74 Å². The van der Waals surface area contributed by atoms with Gasteiger partial charge in [-0.05, 0) is 18.1 Å². The average molecular weight is 414 g/mol. The molecule has 0 radical (unpaired) electrons. The number of esters is 1. The molecule has 1 aromatic rings.